The van der Waals surface area contributed by atoms with Gasteiger partial charge in [-0.2, -0.15) is 0 Å². The zero-order valence-electron chi connectivity index (χ0n) is 12.2. The van der Waals surface area contributed by atoms with Crippen molar-refractivity contribution in [3.05, 3.63) is 42.9 Å². The number of hydrogen-bond donors (Lipinski definition) is 4. The Morgan fingerprint density at radius 1 is 1.26 bits per heavy atom. The molecule has 1 heterocycles. The Morgan fingerprint density at radius 2 is 1.78 bits per heavy atom. The first-order chi connectivity index (χ1) is 10.6. The van der Waals surface area contributed by atoms with E-state index in [0.717, 1.165) is 10.0 Å². The maximum atomic E-state index is 11.4. The maximum absolute atomic E-state index is 11.4. The summed E-state index contributed by atoms with van der Waals surface area (Å²) in [5.74, 6) is -0.0834. The molecule has 0 aliphatic heterocycles. The van der Waals surface area contributed by atoms with E-state index in [4.69, 9.17) is 14.4 Å². The van der Waals surface area contributed by atoms with Crippen LogP contribution in [0.4, 0.5) is 0 Å². The van der Waals surface area contributed by atoms with E-state index in [1.54, 1.807) is 19.2 Å². The van der Waals surface area contributed by atoms with E-state index in [9.17, 15) is 14.4 Å². The second-order valence-electron chi connectivity index (χ2n) is 4.52. The molecule has 2 rings (SSSR count). The smallest absolute Gasteiger partial charge is 0.342 e. The Labute approximate surface area is 139 Å². The topological polar surface area (TPSA) is 144 Å². The lowest BCUT2D eigenvalue weighted by atomic mass is 10.1. The number of aromatic nitrogens is 2. The van der Waals surface area contributed by atoms with Crippen molar-refractivity contribution in [1.29, 1.82) is 0 Å². The highest BCUT2D eigenvalue weighted by atomic mass is 79.9. The molecule has 0 aliphatic rings. The standard InChI is InChI=1S/C12H12BrN3O3.HO3P/c1-6(17)16(2)5-7-3-8(13)4-9-10(7)15-12(19)11(18)14-9;1-4(2)3/h3-4H,5H2,1-2H3,(H,14,18)(H,15,19);(H-,1,2,3)/p+1. The molecule has 0 saturated heterocycles. The van der Waals surface area contributed by atoms with Crippen molar-refractivity contribution in [3.8, 4) is 0 Å². The van der Waals surface area contributed by atoms with Gasteiger partial charge in [0.15, 0.2) is 0 Å². The first kappa shape index (κ1) is 19.2. The lowest BCUT2D eigenvalue weighted by molar-refractivity contribution is -0.128. The summed E-state index contributed by atoms with van der Waals surface area (Å²) < 4.78 is 9.46. The van der Waals surface area contributed by atoms with Gasteiger partial charge < -0.3 is 14.9 Å². The molecule has 0 bridgehead atoms. The molecule has 1 aromatic carbocycles. The van der Waals surface area contributed by atoms with E-state index >= 15 is 0 Å². The van der Waals surface area contributed by atoms with Gasteiger partial charge in [0, 0.05) is 29.6 Å². The number of benzene rings is 1. The van der Waals surface area contributed by atoms with Crippen LogP contribution in [0.25, 0.3) is 11.0 Å². The number of carbonyl (C=O) groups excluding carboxylic acids is 1. The van der Waals surface area contributed by atoms with Crippen molar-refractivity contribution in [2.24, 2.45) is 0 Å². The van der Waals surface area contributed by atoms with Gasteiger partial charge in [-0.15, -0.1) is 9.79 Å². The van der Waals surface area contributed by atoms with Crippen LogP contribution in [-0.2, 0) is 15.9 Å². The monoisotopic (exact) mass is 406 g/mol. The Balaban J connectivity index is 0.000000593. The second kappa shape index (κ2) is 8.11. The summed E-state index contributed by atoms with van der Waals surface area (Å²) in [6, 6.07) is 3.50. The Hall–Kier alpha value is -1.87. The Kier molecular flexibility index (Phi) is 6.77. The van der Waals surface area contributed by atoms with Crippen LogP contribution >= 0.6 is 24.2 Å². The number of aromatic amines is 2. The molecule has 0 unspecified atom stereocenters. The number of fused-ring (bicyclic) bond motifs is 1. The number of nitrogens with zero attached hydrogens (tertiary/aromatic N) is 1. The third-order valence-electron chi connectivity index (χ3n) is 2.82. The van der Waals surface area contributed by atoms with E-state index in [2.05, 4.69) is 25.9 Å². The van der Waals surface area contributed by atoms with Gasteiger partial charge in [0.05, 0.1) is 11.0 Å². The number of halogens is 1. The van der Waals surface area contributed by atoms with Crippen LogP contribution in [0, 0.1) is 0 Å². The molecule has 9 nitrogen and oxygen atoms in total. The zero-order valence-corrected chi connectivity index (χ0v) is 14.6. The fraction of sp³-hybridized carbons (Fsp3) is 0.250. The Morgan fingerprint density at radius 3 is 2.30 bits per heavy atom. The summed E-state index contributed by atoms with van der Waals surface area (Å²) in [4.78, 5) is 54.8. The van der Waals surface area contributed by atoms with Crippen LogP contribution in [0.1, 0.15) is 12.5 Å². The highest BCUT2D eigenvalue weighted by Crippen LogP contribution is 2.21. The molecule has 2 aromatic rings. The third-order valence-corrected chi connectivity index (χ3v) is 3.28. The second-order valence-corrected chi connectivity index (χ2v) is 5.94. The normalized spacial score (nSPS) is 9.96. The molecular weight excluding hydrogens is 393 g/mol. The highest BCUT2D eigenvalue weighted by Gasteiger charge is 2.10. The van der Waals surface area contributed by atoms with E-state index < -0.39 is 19.4 Å². The zero-order chi connectivity index (χ0) is 17.7. The molecule has 0 atom stereocenters. The highest BCUT2D eigenvalue weighted by molar-refractivity contribution is 9.10. The number of nitrogens with one attached hydrogen (secondary N) is 2. The Bertz CT molecular complexity index is 858. The van der Waals surface area contributed by atoms with E-state index in [0.29, 0.717) is 17.6 Å². The molecule has 0 fully saturated rings. The third kappa shape index (κ3) is 5.68. The van der Waals surface area contributed by atoms with Gasteiger partial charge in [-0.05, 0) is 17.7 Å². The van der Waals surface area contributed by atoms with Gasteiger partial charge in [-0.25, -0.2) is 0 Å². The van der Waals surface area contributed by atoms with Crippen LogP contribution in [0.15, 0.2) is 26.2 Å². The fourth-order valence-corrected chi connectivity index (χ4v) is 2.26. The van der Waals surface area contributed by atoms with Gasteiger partial charge in [-0.3, -0.25) is 14.4 Å². The van der Waals surface area contributed by atoms with Crippen molar-refractivity contribution in [2.75, 3.05) is 7.05 Å². The van der Waals surface area contributed by atoms with E-state index in [1.165, 1.54) is 11.8 Å². The molecule has 4 N–H and O–H groups in total. The van der Waals surface area contributed by atoms with Crippen LogP contribution in [0.5, 0.6) is 0 Å². The van der Waals surface area contributed by atoms with Crippen LogP contribution in [0.3, 0.4) is 0 Å². The molecule has 1 aromatic heterocycles. The maximum Gasteiger partial charge on any atom is 0.692 e. The van der Waals surface area contributed by atoms with Crippen LogP contribution in [0.2, 0.25) is 0 Å². The minimum atomic E-state index is -2.87. The number of H-pyrrole nitrogens is 2. The van der Waals surface area contributed by atoms with Crippen molar-refractivity contribution in [2.45, 2.75) is 13.5 Å². The summed E-state index contributed by atoms with van der Waals surface area (Å²) in [5, 5.41) is 0. The van der Waals surface area contributed by atoms with E-state index in [1.807, 2.05) is 0 Å². The molecule has 124 valence electrons. The molecule has 1 amide bonds. The predicted octanol–water partition coefficient (Wildman–Crippen LogP) is 0.586. The minimum absolute atomic E-state index is 0.0834. The first-order valence-corrected chi connectivity index (χ1v) is 8.09. The molecule has 0 radical (unpaired) electrons. The van der Waals surface area contributed by atoms with Gasteiger partial charge in [0.1, 0.15) is 0 Å². The largest absolute Gasteiger partial charge is 0.692 e. The first-order valence-electron chi connectivity index (χ1n) is 6.13. The fourth-order valence-electron chi connectivity index (χ4n) is 1.75. The number of amides is 1. The molecular formula is C12H14BrN3O6P+. The molecule has 23 heavy (non-hydrogen) atoms. The minimum Gasteiger partial charge on any atom is -0.342 e. The number of carbonyl (C=O) groups is 1. The van der Waals surface area contributed by atoms with Gasteiger partial charge >= 0.3 is 19.4 Å². The number of hydrogen-bond acceptors (Lipinski definition) is 4. The van der Waals surface area contributed by atoms with Crippen molar-refractivity contribution >= 4 is 41.1 Å². The van der Waals surface area contributed by atoms with Gasteiger partial charge in [-0.1, -0.05) is 15.9 Å². The summed E-state index contributed by atoms with van der Waals surface area (Å²) in [6.45, 7) is 1.80. The summed E-state index contributed by atoms with van der Waals surface area (Å²) >= 11 is 3.34. The SMILES string of the molecule is CC(=O)N(C)Cc1cc(Br)cc2[nH]c(=O)c(=O)[nH]c12.O=[P+](O)O. The quantitative estimate of drug-likeness (QED) is 0.424. The van der Waals surface area contributed by atoms with Crippen molar-refractivity contribution in [3.63, 3.8) is 0 Å². The average molecular weight is 407 g/mol. The van der Waals surface area contributed by atoms with Crippen molar-refractivity contribution in [1.82, 2.24) is 14.9 Å². The lowest BCUT2D eigenvalue weighted by Gasteiger charge is -2.16. The average Bonchev–Trinajstić information content (AvgIpc) is 2.40. The summed E-state index contributed by atoms with van der Waals surface area (Å²) in [5.41, 5.74) is 0.389. The molecule has 0 aliphatic carbocycles. The molecule has 11 heteroatoms. The van der Waals surface area contributed by atoms with Gasteiger partial charge in [0.2, 0.25) is 5.91 Å². The predicted molar refractivity (Wildman–Crippen MR) is 87.1 cm³/mol. The van der Waals surface area contributed by atoms with Gasteiger partial charge in [0.25, 0.3) is 0 Å². The molecule has 0 saturated carbocycles. The molecule has 0 spiro atoms. The number of rotatable bonds is 2. The van der Waals surface area contributed by atoms with Crippen LogP contribution in [-0.4, -0.2) is 37.6 Å². The van der Waals surface area contributed by atoms with E-state index in [-0.39, 0.29) is 5.91 Å². The summed E-state index contributed by atoms with van der Waals surface area (Å²) in [7, 11) is -1.20. The lowest BCUT2D eigenvalue weighted by Crippen LogP contribution is -2.30. The van der Waals surface area contributed by atoms with Crippen LogP contribution < -0.4 is 11.1 Å². The van der Waals surface area contributed by atoms with Crippen molar-refractivity contribution < 1.29 is 19.1 Å². The summed E-state index contributed by atoms with van der Waals surface area (Å²) in [6.07, 6.45) is 0.